The van der Waals surface area contributed by atoms with Gasteiger partial charge in [0.1, 0.15) is 9.36 Å². The number of hydrogen-bond acceptors (Lipinski definition) is 6. The molecule has 0 aliphatic carbocycles. The van der Waals surface area contributed by atoms with Crippen molar-refractivity contribution in [3.05, 3.63) is 45.0 Å². The van der Waals surface area contributed by atoms with E-state index < -0.39 is 16.1 Å². The number of thiophene rings is 1. The van der Waals surface area contributed by atoms with E-state index in [2.05, 4.69) is 16.1 Å². The number of rotatable bonds is 6. The maximum atomic E-state index is 12.3. The van der Waals surface area contributed by atoms with Crippen LogP contribution in [0.3, 0.4) is 0 Å². The minimum atomic E-state index is -3.84. The zero-order valence-corrected chi connectivity index (χ0v) is 15.3. The number of nitrogens with zero attached hydrogens (tertiary/aromatic N) is 3. The van der Waals surface area contributed by atoms with Gasteiger partial charge in [0.25, 0.3) is 10.0 Å². The molecule has 12 heteroatoms. The van der Waals surface area contributed by atoms with Crippen LogP contribution in [0, 0.1) is 0 Å². The lowest BCUT2D eigenvalue weighted by molar-refractivity contribution is 0.249. The number of hydrazone groups is 1. The SMILES string of the molecule is C=CCn1c(Cl)c(/C=N\NC(N)=O)sc1=NS(=O)(=O)c1cccs1. The number of allylic oxidation sites excluding steroid dienone is 1. The van der Waals surface area contributed by atoms with Crippen molar-refractivity contribution in [2.45, 2.75) is 10.8 Å². The molecule has 0 saturated heterocycles. The maximum absolute atomic E-state index is 12.3. The van der Waals surface area contributed by atoms with Gasteiger partial charge in [-0.25, -0.2) is 10.2 Å². The Balaban J connectivity index is 2.53. The number of halogens is 1. The molecule has 0 bridgehead atoms. The van der Waals surface area contributed by atoms with E-state index in [9.17, 15) is 13.2 Å². The lowest BCUT2D eigenvalue weighted by Gasteiger charge is -2.00. The highest BCUT2D eigenvalue weighted by atomic mass is 35.5. The van der Waals surface area contributed by atoms with E-state index in [1.807, 2.05) is 5.43 Å². The second-order valence-electron chi connectivity index (χ2n) is 4.17. The summed E-state index contributed by atoms with van der Waals surface area (Å²) in [6.45, 7) is 3.86. The van der Waals surface area contributed by atoms with Crippen molar-refractivity contribution in [1.82, 2.24) is 9.99 Å². The average Bonchev–Trinajstić information content (AvgIpc) is 3.12. The van der Waals surface area contributed by atoms with Crippen molar-refractivity contribution in [1.29, 1.82) is 0 Å². The summed E-state index contributed by atoms with van der Waals surface area (Å²) in [4.78, 5) is 11.2. The van der Waals surface area contributed by atoms with E-state index in [1.54, 1.807) is 17.5 Å². The molecule has 0 unspecified atom stereocenters. The van der Waals surface area contributed by atoms with Crippen molar-refractivity contribution in [2.24, 2.45) is 15.2 Å². The van der Waals surface area contributed by atoms with Crippen LogP contribution in [0.25, 0.3) is 0 Å². The standard InChI is InChI=1S/C12H12ClN5O3S3/c1-2-5-18-10(13)8(7-15-16-11(14)19)23-12(18)17-24(20,21)9-4-3-6-22-9/h2-4,6-7H,1,5H2,(H3,14,16,19)/b15-7-,17-12?. The number of nitrogens with one attached hydrogen (secondary N) is 1. The second kappa shape index (κ2) is 7.75. The number of urea groups is 1. The topological polar surface area (TPSA) is 119 Å². The Kier molecular flexibility index (Phi) is 5.94. The molecule has 24 heavy (non-hydrogen) atoms. The fraction of sp³-hybridized carbons (Fsp3) is 0.0833. The molecule has 2 aromatic heterocycles. The van der Waals surface area contributed by atoms with Crippen LogP contribution in [0.15, 0.2) is 43.9 Å². The number of primary amides is 1. The van der Waals surface area contributed by atoms with Gasteiger partial charge >= 0.3 is 6.03 Å². The predicted octanol–water partition coefficient (Wildman–Crippen LogP) is 1.74. The van der Waals surface area contributed by atoms with Crippen molar-refractivity contribution >= 4 is 56.5 Å². The first kappa shape index (κ1) is 18.4. The Morgan fingerprint density at radius 2 is 2.29 bits per heavy atom. The number of carbonyl (C=O) groups excluding carboxylic acids is 1. The average molecular weight is 406 g/mol. The maximum Gasteiger partial charge on any atom is 0.332 e. The van der Waals surface area contributed by atoms with Gasteiger partial charge in [0, 0.05) is 6.54 Å². The van der Waals surface area contributed by atoms with Crippen LogP contribution in [-0.4, -0.2) is 25.2 Å². The summed E-state index contributed by atoms with van der Waals surface area (Å²) in [5.41, 5.74) is 6.94. The fourth-order valence-corrected chi connectivity index (χ4v) is 5.00. The van der Waals surface area contributed by atoms with Crippen molar-refractivity contribution < 1.29 is 13.2 Å². The van der Waals surface area contributed by atoms with E-state index in [0.29, 0.717) is 4.88 Å². The number of sulfonamides is 1. The summed E-state index contributed by atoms with van der Waals surface area (Å²) < 4.78 is 30.0. The highest BCUT2D eigenvalue weighted by Crippen LogP contribution is 2.20. The number of carbonyl (C=O) groups is 1. The lowest BCUT2D eigenvalue weighted by Crippen LogP contribution is -2.24. The van der Waals surface area contributed by atoms with Crippen LogP contribution in [-0.2, 0) is 16.6 Å². The fourth-order valence-electron chi connectivity index (χ4n) is 1.56. The van der Waals surface area contributed by atoms with E-state index >= 15 is 0 Å². The molecule has 0 spiro atoms. The van der Waals surface area contributed by atoms with Gasteiger partial charge in [-0.15, -0.1) is 22.3 Å². The molecule has 0 aromatic carbocycles. The molecular formula is C12H12ClN5O3S3. The van der Waals surface area contributed by atoms with Gasteiger partial charge in [-0.3, -0.25) is 0 Å². The molecule has 2 amide bonds. The number of nitrogens with two attached hydrogens (primary N) is 1. The highest BCUT2D eigenvalue weighted by Gasteiger charge is 2.16. The molecule has 3 N–H and O–H groups in total. The predicted molar refractivity (Wildman–Crippen MR) is 94.9 cm³/mol. The lowest BCUT2D eigenvalue weighted by atomic mass is 10.5. The van der Waals surface area contributed by atoms with Crippen LogP contribution in [0.5, 0.6) is 0 Å². The first-order chi connectivity index (χ1) is 11.3. The van der Waals surface area contributed by atoms with Crippen LogP contribution in [0.2, 0.25) is 5.15 Å². The zero-order valence-electron chi connectivity index (χ0n) is 12.0. The molecule has 128 valence electrons. The third-order valence-corrected chi connectivity index (χ3v) is 6.78. The molecule has 2 aromatic rings. The van der Waals surface area contributed by atoms with E-state index in [1.165, 1.54) is 16.8 Å². The molecule has 0 aliphatic heterocycles. The number of aromatic nitrogens is 1. The third-order valence-electron chi connectivity index (χ3n) is 2.49. The normalized spacial score (nSPS) is 12.6. The largest absolute Gasteiger partial charge is 0.350 e. The number of thiazole rings is 1. The highest BCUT2D eigenvalue weighted by molar-refractivity contribution is 7.92. The van der Waals surface area contributed by atoms with Crippen molar-refractivity contribution in [3.8, 4) is 0 Å². The van der Waals surface area contributed by atoms with E-state index in [0.717, 1.165) is 22.7 Å². The van der Waals surface area contributed by atoms with Crippen LogP contribution < -0.4 is 16.0 Å². The molecule has 2 heterocycles. The Morgan fingerprint density at radius 1 is 1.54 bits per heavy atom. The van der Waals surface area contributed by atoms with E-state index in [-0.39, 0.29) is 20.7 Å². The van der Waals surface area contributed by atoms with E-state index in [4.69, 9.17) is 17.3 Å². The molecular weight excluding hydrogens is 394 g/mol. The number of hydrogen-bond donors (Lipinski definition) is 2. The van der Waals surface area contributed by atoms with Gasteiger partial charge in [-0.05, 0) is 11.4 Å². The Labute approximate surface area is 150 Å². The molecule has 0 atom stereocenters. The summed E-state index contributed by atoms with van der Waals surface area (Å²) in [5.74, 6) is 0. The quantitative estimate of drug-likeness (QED) is 0.432. The summed E-state index contributed by atoms with van der Waals surface area (Å²) >= 11 is 8.29. The molecule has 0 aliphatic rings. The minimum absolute atomic E-state index is 0.128. The monoisotopic (exact) mass is 405 g/mol. The van der Waals surface area contributed by atoms with Crippen LogP contribution in [0.4, 0.5) is 4.79 Å². The van der Waals surface area contributed by atoms with Crippen molar-refractivity contribution in [3.63, 3.8) is 0 Å². The Bertz CT molecular complexity index is 941. The smallest absolute Gasteiger partial charge is 0.332 e. The first-order valence-electron chi connectivity index (χ1n) is 6.28. The second-order valence-corrected chi connectivity index (χ2v) is 8.32. The van der Waals surface area contributed by atoms with Crippen LogP contribution >= 0.6 is 34.3 Å². The number of amides is 2. The molecule has 2 rings (SSSR count). The Hall–Kier alpha value is -1.95. The van der Waals surface area contributed by atoms with Crippen molar-refractivity contribution in [2.75, 3.05) is 0 Å². The van der Waals surface area contributed by atoms with Gasteiger partial charge in [0.2, 0.25) is 4.80 Å². The molecule has 0 radical (unpaired) electrons. The first-order valence-corrected chi connectivity index (χ1v) is 9.79. The summed E-state index contributed by atoms with van der Waals surface area (Å²) in [6.07, 6.45) is 2.81. The van der Waals surface area contributed by atoms with Gasteiger partial charge < -0.3 is 10.3 Å². The van der Waals surface area contributed by atoms with Crippen LogP contribution in [0.1, 0.15) is 4.88 Å². The summed E-state index contributed by atoms with van der Waals surface area (Å²) in [5, 5.41) is 5.48. The van der Waals surface area contributed by atoms with Gasteiger partial charge in [0.15, 0.2) is 0 Å². The Morgan fingerprint density at radius 3 is 2.88 bits per heavy atom. The summed E-state index contributed by atoms with van der Waals surface area (Å²) in [6, 6.07) is 2.26. The third kappa shape index (κ3) is 4.32. The molecule has 0 fully saturated rings. The molecule has 0 saturated carbocycles. The van der Waals surface area contributed by atoms with Gasteiger partial charge in [-0.1, -0.05) is 35.1 Å². The summed E-state index contributed by atoms with van der Waals surface area (Å²) in [7, 11) is -3.84. The zero-order chi connectivity index (χ0) is 17.7. The van der Waals surface area contributed by atoms with Gasteiger partial charge in [-0.2, -0.15) is 13.5 Å². The van der Waals surface area contributed by atoms with Gasteiger partial charge in [0.05, 0.1) is 11.1 Å². The molecule has 8 nitrogen and oxygen atoms in total. The minimum Gasteiger partial charge on any atom is -0.350 e.